The second-order valence-electron chi connectivity index (χ2n) is 6.69. The van der Waals surface area contributed by atoms with Crippen LogP contribution in [0.15, 0.2) is 24.3 Å². The number of hydrogen-bond acceptors (Lipinski definition) is 2. The number of carbonyl (C=O) groups excluding carboxylic acids is 1. The van der Waals surface area contributed by atoms with Crippen LogP contribution in [0.3, 0.4) is 0 Å². The second-order valence-corrected chi connectivity index (χ2v) is 6.69. The number of likely N-dealkylation sites (tertiary alicyclic amines) is 1. The lowest BCUT2D eigenvalue weighted by Crippen LogP contribution is -2.36. The fraction of sp³-hybridized carbons (Fsp3) is 0.611. The molecule has 1 aliphatic heterocycles. The fourth-order valence-corrected chi connectivity index (χ4v) is 3.07. The number of carbonyl (C=O) groups is 1. The van der Waals surface area contributed by atoms with Crippen molar-refractivity contribution in [3.05, 3.63) is 35.4 Å². The molecule has 21 heavy (non-hydrogen) atoms. The average Bonchev–Trinajstić information content (AvgIpc) is 2.62. The van der Waals surface area contributed by atoms with Gasteiger partial charge in [-0.25, -0.2) is 0 Å². The Balaban J connectivity index is 1.97. The molecule has 0 radical (unpaired) electrons. The zero-order chi connectivity index (χ0) is 15.4. The molecule has 2 rings (SSSR count). The first-order chi connectivity index (χ1) is 9.97. The highest BCUT2D eigenvalue weighted by Crippen LogP contribution is 2.26. The van der Waals surface area contributed by atoms with Crippen LogP contribution in [-0.2, 0) is 4.79 Å². The third-order valence-electron chi connectivity index (χ3n) is 4.72. The summed E-state index contributed by atoms with van der Waals surface area (Å²) in [5.74, 6) is 1.58. The first-order valence-electron chi connectivity index (χ1n) is 8.07. The van der Waals surface area contributed by atoms with E-state index in [1.807, 2.05) is 4.90 Å². The summed E-state index contributed by atoms with van der Waals surface area (Å²) in [7, 11) is 0. The van der Waals surface area contributed by atoms with Crippen molar-refractivity contribution in [1.29, 1.82) is 0 Å². The van der Waals surface area contributed by atoms with Crippen LogP contribution in [0, 0.1) is 18.8 Å². The SMILES string of the molecule is Cc1ccc(C(N)CN2CCC(C(C)C)CCC2=O)cc1. The van der Waals surface area contributed by atoms with Crippen LogP contribution < -0.4 is 5.73 Å². The lowest BCUT2D eigenvalue weighted by molar-refractivity contribution is -0.130. The molecular formula is C18H28N2O. The van der Waals surface area contributed by atoms with Crippen LogP contribution in [0.2, 0.25) is 0 Å². The molecule has 1 amide bonds. The fourth-order valence-electron chi connectivity index (χ4n) is 3.07. The van der Waals surface area contributed by atoms with Crippen LogP contribution in [0.1, 0.15) is 50.3 Å². The molecule has 0 spiro atoms. The van der Waals surface area contributed by atoms with Crippen LogP contribution in [0.5, 0.6) is 0 Å². The molecule has 1 fully saturated rings. The van der Waals surface area contributed by atoms with E-state index in [-0.39, 0.29) is 11.9 Å². The summed E-state index contributed by atoms with van der Waals surface area (Å²) in [6.45, 7) is 8.05. The Hall–Kier alpha value is -1.35. The van der Waals surface area contributed by atoms with Crippen molar-refractivity contribution in [2.45, 2.75) is 46.1 Å². The van der Waals surface area contributed by atoms with Crippen LogP contribution in [-0.4, -0.2) is 23.9 Å². The van der Waals surface area contributed by atoms with Crippen molar-refractivity contribution < 1.29 is 4.79 Å². The van der Waals surface area contributed by atoms with E-state index in [2.05, 4.69) is 45.0 Å². The quantitative estimate of drug-likeness (QED) is 0.924. The number of benzene rings is 1. The van der Waals surface area contributed by atoms with Crippen LogP contribution in [0.4, 0.5) is 0 Å². The van der Waals surface area contributed by atoms with Gasteiger partial charge in [-0.3, -0.25) is 4.79 Å². The zero-order valence-corrected chi connectivity index (χ0v) is 13.5. The van der Waals surface area contributed by atoms with Crippen LogP contribution in [0.25, 0.3) is 0 Å². The van der Waals surface area contributed by atoms with E-state index in [1.165, 1.54) is 5.56 Å². The molecule has 3 nitrogen and oxygen atoms in total. The number of rotatable bonds is 4. The van der Waals surface area contributed by atoms with Crippen molar-refractivity contribution in [2.24, 2.45) is 17.6 Å². The summed E-state index contributed by atoms with van der Waals surface area (Å²) in [5.41, 5.74) is 8.63. The summed E-state index contributed by atoms with van der Waals surface area (Å²) in [4.78, 5) is 14.2. The molecule has 1 aliphatic rings. The molecule has 1 heterocycles. The van der Waals surface area contributed by atoms with Gasteiger partial charge >= 0.3 is 0 Å². The summed E-state index contributed by atoms with van der Waals surface area (Å²) in [6.07, 6.45) is 2.79. The van der Waals surface area contributed by atoms with Crippen molar-refractivity contribution in [2.75, 3.05) is 13.1 Å². The first kappa shape index (κ1) is 16.0. The number of nitrogens with two attached hydrogens (primary N) is 1. The van der Waals surface area contributed by atoms with Gasteiger partial charge in [-0.05, 0) is 37.2 Å². The lowest BCUT2D eigenvalue weighted by atomic mass is 9.89. The van der Waals surface area contributed by atoms with Crippen LogP contribution >= 0.6 is 0 Å². The highest BCUT2D eigenvalue weighted by Gasteiger charge is 2.25. The van der Waals surface area contributed by atoms with Gasteiger partial charge in [-0.15, -0.1) is 0 Å². The first-order valence-corrected chi connectivity index (χ1v) is 8.07. The monoisotopic (exact) mass is 288 g/mol. The molecular weight excluding hydrogens is 260 g/mol. The Morgan fingerprint density at radius 2 is 1.90 bits per heavy atom. The van der Waals surface area contributed by atoms with E-state index >= 15 is 0 Å². The molecule has 116 valence electrons. The molecule has 2 unspecified atom stereocenters. The number of amides is 1. The minimum Gasteiger partial charge on any atom is -0.341 e. The minimum absolute atomic E-state index is 0.0925. The third kappa shape index (κ3) is 4.31. The zero-order valence-electron chi connectivity index (χ0n) is 13.5. The van der Waals surface area contributed by atoms with Gasteiger partial charge in [-0.2, -0.15) is 0 Å². The van der Waals surface area contributed by atoms with E-state index in [0.29, 0.717) is 24.8 Å². The standard InChI is InChI=1S/C18H28N2O/c1-13(2)15-8-9-18(21)20(11-10-15)12-17(19)16-6-4-14(3)5-7-16/h4-7,13,15,17H,8-12,19H2,1-3H3. The van der Waals surface area contributed by atoms with Gasteiger partial charge < -0.3 is 10.6 Å². The molecule has 0 bridgehead atoms. The van der Waals surface area contributed by atoms with Gasteiger partial charge in [-0.1, -0.05) is 43.7 Å². The van der Waals surface area contributed by atoms with Gasteiger partial charge in [0.15, 0.2) is 0 Å². The highest BCUT2D eigenvalue weighted by atomic mass is 16.2. The Morgan fingerprint density at radius 3 is 2.52 bits per heavy atom. The Kier molecular flexibility index (Phi) is 5.40. The third-order valence-corrected chi connectivity index (χ3v) is 4.72. The lowest BCUT2D eigenvalue weighted by Gasteiger charge is -2.25. The molecule has 0 aliphatic carbocycles. The largest absolute Gasteiger partial charge is 0.341 e. The second kappa shape index (κ2) is 7.08. The van der Waals surface area contributed by atoms with Crippen molar-refractivity contribution in [1.82, 2.24) is 4.90 Å². The maximum absolute atomic E-state index is 12.3. The highest BCUT2D eigenvalue weighted by molar-refractivity contribution is 5.76. The van der Waals surface area contributed by atoms with E-state index in [9.17, 15) is 4.79 Å². The number of hydrogen-bond donors (Lipinski definition) is 1. The van der Waals surface area contributed by atoms with Gasteiger partial charge in [0.1, 0.15) is 0 Å². The predicted octanol–water partition coefficient (Wildman–Crippen LogP) is 3.28. The molecule has 2 N–H and O–H groups in total. The maximum atomic E-state index is 12.3. The van der Waals surface area contributed by atoms with Crippen molar-refractivity contribution in [3.63, 3.8) is 0 Å². The molecule has 0 saturated carbocycles. The molecule has 1 saturated heterocycles. The van der Waals surface area contributed by atoms with E-state index in [4.69, 9.17) is 5.73 Å². The van der Waals surface area contributed by atoms with Crippen molar-refractivity contribution >= 4 is 5.91 Å². The topological polar surface area (TPSA) is 46.3 Å². The summed E-state index contributed by atoms with van der Waals surface area (Å²) in [5, 5.41) is 0. The Bertz CT molecular complexity index is 467. The van der Waals surface area contributed by atoms with Gasteiger partial charge in [0.2, 0.25) is 5.91 Å². The summed E-state index contributed by atoms with van der Waals surface area (Å²) < 4.78 is 0. The smallest absolute Gasteiger partial charge is 0.222 e. The Labute approximate surface area is 128 Å². The molecule has 3 heteroatoms. The minimum atomic E-state index is -0.0925. The van der Waals surface area contributed by atoms with E-state index < -0.39 is 0 Å². The van der Waals surface area contributed by atoms with Gasteiger partial charge in [0, 0.05) is 25.6 Å². The molecule has 1 aromatic rings. The molecule has 2 atom stereocenters. The average molecular weight is 288 g/mol. The number of aryl methyl sites for hydroxylation is 1. The Morgan fingerprint density at radius 1 is 1.24 bits per heavy atom. The normalized spacial score (nSPS) is 21.5. The van der Waals surface area contributed by atoms with E-state index in [1.54, 1.807) is 0 Å². The summed E-state index contributed by atoms with van der Waals surface area (Å²) >= 11 is 0. The van der Waals surface area contributed by atoms with E-state index in [0.717, 1.165) is 24.9 Å². The summed E-state index contributed by atoms with van der Waals surface area (Å²) in [6, 6.07) is 8.20. The predicted molar refractivity (Wildman–Crippen MR) is 86.9 cm³/mol. The number of nitrogens with zero attached hydrogens (tertiary/aromatic N) is 1. The maximum Gasteiger partial charge on any atom is 0.222 e. The molecule has 0 aromatic heterocycles. The van der Waals surface area contributed by atoms with Gasteiger partial charge in [0.25, 0.3) is 0 Å². The van der Waals surface area contributed by atoms with Gasteiger partial charge in [0.05, 0.1) is 0 Å². The van der Waals surface area contributed by atoms with Crippen molar-refractivity contribution in [3.8, 4) is 0 Å². The molecule has 1 aromatic carbocycles.